The predicted octanol–water partition coefficient (Wildman–Crippen LogP) is 2.25. The van der Waals surface area contributed by atoms with Gasteiger partial charge < -0.3 is 0 Å². The zero-order chi connectivity index (χ0) is 12.3. The lowest BCUT2D eigenvalue weighted by Gasteiger charge is -2.12. The SMILES string of the molecule is CC(C)NS(=O)(=O)c1cc(F)ccc1CCl. The highest BCUT2D eigenvalue weighted by Crippen LogP contribution is 2.19. The highest BCUT2D eigenvalue weighted by molar-refractivity contribution is 7.89. The van der Waals surface area contributed by atoms with Crippen molar-refractivity contribution in [3.63, 3.8) is 0 Å². The van der Waals surface area contributed by atoms with Gasteiger partial charge in [-0.3, -0.25) is 0 Å². The number of halogens is 2. The van der Waals surface area contributed by atoms with Crippen LogP contribution in [0, 0.1) is 5.82 Å². The number of hydrogen-bond donors (Lipinski definition) is 1. The van der Waals surface area contributed by atoms with E-state index in [1.54, 1.807) is 13.8 Å². The van der Waals surface area contributed by atoms with Gasteiger partial charge in [0.1, 0.15) is 5.82 Å². The Morgan fingerprint density at radius 2 is 2.06 bits per heavy atom. The largest absolute Gasteiger partial charge is 0.241 e. The van der Waals surface area contributed by atoms with Crippen LogP contribution >= 0.6 is 11.6 Å². The van der Waals surface area contributed by atoms with Crippen molar-refractivity contribution in [2.24, 2.45) is 0 Å². The fraction of sp³-hybridized carbons (Fsp3) is 0.400. The molecule has 1 rings (SSSR count). The Hall–Kier alpha value is -0.650. The summed E-state index contributed by atoms with van der Waals surface area (Å²) in [4.78, 5) is -0.101. The van der Waals surface area contributed by atoms with Crippen LogP contribution in [0.4, 0.5) is 4.39 Å². The van der Waals surface area contributed by atoms with Crippen molar-refractivity contribution >= 4 is 21.6 Å². The third-order valence-corrected chi connectivity index (χ3v) is 3.88. The van der Waals surface area contributed by atoms with E-state index >= 15 is 0 Å². The molecular formula is C10H13ClFNO2S. The lowest BCUT2D eigenvalue weighted by molar-refractivity contribution is 0.565. The molecule has 1 aromatic rings. The summed E-state index contributed by atoms with van der Waals surface area (Å²) in [6.45, 7) is 3.38. The van der Waals surface area contributed by atoms with Gasteiger partial charge in [0.2, 0.25) is 10.0 Å². The van der Waals surface area contributed by atoms with Gasteiger partial charge in [0.15, 0.2) is 0 Å². The van der Waals surface area contributed by atoms with Crippen LogP contribution in [0.3, 0.4) is 0 Å². The van der Waals surface area contributed by atoms with Crippen LogP contribution in [0.1, 0.15) is 19.4 Å². The van der Waals surface area contributed by atoms with Crippen molar-refractivity contribution in [3.05, 3.63) is 29.6 Å². The van der Waals surface area contributed by atoms with Crippen molar-refractivity contribution in [1.82, 2.24) is 4.72 Å². The average Bonchev–Trinajstić information content (AvgIpc) is 2.15. The molecule has 0 aliphatic rings. The molecule has 1 N–H and O–H groups in total. The minimum Gasteiger partial charge on any atom is -0.209 e. The fourth-order valence-corrected chi connectivity index (χ4v) is 3.08. The molecule has 0 amide bonds. The number of hydrogen-bond acceptors (Lipinski definition) is 2. The lowest BCUT2D eigenvalue weighted by Crippen LogP contribution is -2.31. The second-order valence-electron chi connectivity index (χ2n) is 3.66. The monoisotopic (exact) mass is 265 g/mol. The van der Waals surface area contributed by atoms with E-state index in [0.717, 1.165) is 6.07 Å². The molecule has 0 radical (unpaired) electrons. The van der Waals surface area contributed by atoms with Crippen LogP contribution in [-0.2, 0) is 15.9 Å². The number of rotatable bonds is 4. The van der Waals surface area contributed by atoms with Crippen LogP contribution in [0.5, 0.6) is 0 Å². The minimum absolute atomic E-state index is 0.0224. The lowest BCUT2D eigenvalue weighted by atomic mass is 10.2. The Labute approximate surface area is 99.7 Å². The second kappa shape index (κ2) is 5.12. The highest BCUT2D eigenvalue weighted by Gasteiger charge is 2.19. The standard InChI is InChI=1S/C10H13ClFNO2S/c1-7(2)13-16(14,15)10-5-9(12)4-3-8(10)6-11/h3-5,7,13H,6H2,1-2H3. The molecule has 6 heteroatoms. The van der Waals surface area contributed by atoms with E-state index in [2.05, 4.69) is 4.72 Å². The number of benzene rings is 1. The van der Waals surface area contributed by atoms with E-state index in [1.807, 2.05) is 0 Å². The van der Waals surface area contributed by atoms with Gasteiger partial charge in [0.25, 0.3) is 0 Å². The third-order valence-electron chi connectivity index (χ3n) is 1.85. The van der Waals surface area contributed by atoms with Gasteiger partial charge in [-0.15, -0.1) is 11.6 Å². The number of nitrogens with one attached hydrogen (secondary N) is 1. The fourth-order valence-electron chi connectivity index (χ4n) is 1.26. The van der Waals surface area contributed by atoms with Crippen molar-refractivity contribution in [2.45, 2.75) is 30.7 Å². The van der Waals surface area contributed by atoms with Gasteiger partial charge >= 0.3 is 0 Å². The van der Waals surface area contributed by atoms with Gasteiger partial charge in [-0.1, -0.05) is 6.07 Å². The maximum absolute atomic E-state index is 13.0. The number of sulfonamides is 1. The molecule has 0 unspecified atom stereocenters. The van der Waals surface area contributed by atoms with E-state index in [4.69, 9.17) is 11.6 Å². The van der Waals surface area contributed by atoms with E-state index in [9.17, 15) is 12.8 Å². The highest BCUT2D eigenvalue weighted by atomic mass is 35.5. The first-order valence-corrected chi connectivity index (χ1v) is 6.75. The smallest absolute Gasteiger partial charge is 0.209 e. The molecule has 0 fully saturated rings. The van der Waals surface area contributed by atoms with Crippen molar-refractivity contribution in [1.29, 1.82) is 0 Å². The van der Waals surface area contributed by atoms with Gasteiger partial charge in [0.05, 0.1) is 4.90 Å². The predicted molar refractivity (Wildman–Crippen MR) is 61.4 cm³/mol. The quantitative estimate of drug-likeness (QED) is 0.849. The summed E-state index contributed by atoms with van der Waals surface area (Å²) in [5.74, 6) is -0.577. The number of alkyl halides is 1. The van der Waals surface area contributed by atoms with Gasteiger partial charge in [-0.25, -0.2) is 17.5 Å². The van der Waals surface area contributed by atoms with Crippen LogP contribution in [0.15, 0.2) is 23.1 Å². The molecule has 0 saturated carbocycles. The summed E-state index contributed by atoms with van der Waals surface area (Å²) in [5, 5.41) is 0. The summed E-state index contributed by atoms with van der Waals surface area (Å²) in [6.07, 6.45) is 0. The summed E-state index contributed by atoms with van der Waals surface area (Å²) >= 11 is 5.61. The summed E-state index contributed by atoms with van der Waals surface area (Å²) in [5.41, 5.74) is 0.385. The summed E-state index contributed by atoms with van der Waals surface area (Å²) in [6, 6.07) is 3.28. The normalized spacial score (nSPS) is 12.1. The third kappa shape index (κ3) is 3.17. The first-order valence-electron chi connectivity index (χ1n) is 4.73. The molecule has 0 spiro atoms. The van der Waals surface area contributed by atoms with Crippen LogP contribution < -0.4 is 4.72 Å². The average molecular weight is 266 g/mol. The van der Waals surface area contributed by atoms with Crippen LogP contribution in [0.2, 0.25) is 0 Å². The molecule has 0 aliphatic carbocycles. The molecule has 0 bridgehead atoms. The zero-order valence-corrected chi connectivity index (χ0v) is 10.6. The molecule has 3 nitrogen and oxygen atoms in total. The molecular weight excluding hydrogens is 253 g/mol. The maximum atomic E-state index is 13.0. The Balaban J connectivity index is 3.25. The first-order chi connectivity index (χ1) is 7.36. The Kier molecular flexibility index (Phi) is 4.29. The Bertz CT molecular complexity index is 474. The van der Waals surface area contributed by atoms with E-state index in [-0.39, 0.29) is 16.8 Å². The molecule has 0 aliphatic heterocycles. The van der Waals surface area contributed by atoms with E-state index in [1.165, 1.54) is 12.1 Å². The molecule has 0 heterocycles. The second-order valence-corrected chi connectivity index (χ2v) is 5.61. The molecule has 90 valence electrons. The topological polar surface area (TPSA) is 46.2 Å². The van der Waals surface area contributed by atoms with Crippen molar-refractivity contribution in [2.75, 3.05) is 0 Å². The van der Waals surface area contributed by atoms with E-state index < -0.39 is 15.8 Å². The summed E-state index contributed by atoms with van der Waals surface area (Å²) in [7, 11) is -3.70. The maximum Gasteiger partial charge on any atom is 0.241 e. The van der Waals surface area contributed by atoms with Gasteiger partial charge in [0, 0.05) is 11.9 Å². The summed E-state index contributed by atoms with van der Waals surface area (Å²) < 4.78 is 39.1. The van der Waals surface area contributed by atoms with Gasteiger partial charge in [-0.05, 0) is 31.5 Å². The van der Waals surface area contributed by atoms with Crippen molar-refractivity contribution in [3.8, 4) is 0 Å². The molecule has 1 aromatic carbocycles. The Morgan fingerprint density at radius 1 is 1.44 bits per heavy atom. The molecule has 0 atom stereocenters. The molecule has 16 heavy (non-hydrogen) atoms. The minimum atomic E-state index is -3.70. The zero-order valence-electron chi connectivity index (χ0n) is 9.00. The molecule has 0 saturated heterocycles. The van der Waals surface area contributed by atoms with E-state index in [0.29, 0.717) is 5.56 Å². The molecule has 0 aromatic heterocycles. The van der Waals surface area contributed by atoms with Crippen molar-refractivity contribution < 1.29 is 12.8 Å². The van der Waals surface area contributed by atoms with Gasteiger partial charge in [-0.2, -0.15) is 0 Å². The Morgan fingerprint density at radius 3 is 2.56 bits per heavy atom. The van der Waals surface area contributed by atoms with Crippen LogP contribution in [-0.4, -0.2) is 14.5 Å². The van der Waals surface area contributed by atoms with Crippen LogP contribution in [0.25, 0.3) is 0 Å². The first kappa shape index (κ1) is 13.4.